The minimum Gasteiger partial charge on any atom is -0.465 e. The van der Waals surface area contributed by atoms with E-state index in [1.807, 2.05) is 0 Å². The lowest BCUT2D eigenvalue weighted by atomic mass is 10.0. The Labute approximate surface area is 132 Å². The number of likely N-dealkylation sites (tertiary alicyclic amines) is 1. The van der Waals surface area contributed by atoms with Crippen LogP contribution in [-0.4, -0.2) is 56.0 Å². The SMILES string of the molecule is O=C(O)N1CC[C@@H](Nc2ncc3c(F)cc(Br)n3n2)[C@H](F)C1. The van der Waals surface area contributed by atoms with Gasteiger partial charge in [-0.05, 0) is 22.4 Å². The van der Waals surface area contributed by atoms with Gasteiger partial charge in [-0.25, -0.2) is 23.1 Å². The summed E-state index contributed by atoms with van der Waals surface area (Å²) in [5.41, 5.74) is 0.204. The van der Waals surface area contributed by atoms with Crippen molar-refractivity contribution in [1.29, 1.82) is 0 Å². The summed E-state index contributed by atoms with van der Waals surface area (Å²) in [6, 6.07) is 0.670. The average Bonchev–Trinajstić information content (AvgIpc) is 2.76. The van der Waals surface area contributed by atoms with Crippen LogP contribution in [0.3, 0.4) is 0 Å². The Balaban J connectivity index is 1.76. The van der Waals surface area contributed by atoms with Crippen LogP contribution in [0, 0.1) is 5.82 Å². The largest absolute Gasteiger partial charge is 0.465 e. The number of aromatic nitrogens is 3. The molecule has 7 nitrogen and oxygen atoms in total. The van der Waals surface area contributed by atoms with E-state index in [1.165, 1.54) is 16.8 Å². The van der Waals surface area contributed by atoms with Crippen LogP contribution in [0.2, 0.25) is 0 Å². The molecule has 3 heterocycles. The van der Waals surface area contributed by atoms with Gasteiger partial charge in [-0.2, -0.15) is 0 Å². The van der Waals surface area contributed by atoms with E-state index in [-0.39, 0.29) is 24.6 Å². The molecule has 118 valence electrons. The van der Waals surface area contributed by atoms with E-state index in [1.54, 1.807) is 0 Å². The molecule has 2 atom stereocenters. The topological polar surface area (TPSA) is 82.8 Å². The van der Waals surface area contributed by atoms with Gasteiger partial charge in [0, 0.05) is 12.6 Å². The maximum absolute atomic E-state index is 14.0. The van der Waals surface area contributed by atoms with Gasteiger partial charge in [0.15, 0.2) is 5.82 Å². The molecule has 1 aliphatic heterocycles. The second kappa shape index (κ2) is 5.67. The Bertz CT molecular complexity index is 725. The fraction of sp³-hybridized carbons (Fsp3) is 0.417. The molecule has 1 fully saturated rings. The second-order valence-corrected chi connectivity index (χ2v) is 5.79. The zero-order valence-electron chi connectivity index (χ0n) is 11.2. The number of alkyl halides is 1. The Morgan fingerprint density at radius 1 is 1.55 bits per heavy atom. The van der Waals surface area contributed by atoms with Crippen LogP contribution in [0.5, 0.6) is 0 Å². The van der Waals surface area contributed by atoms with E-state index in [9.17, 15) is 13.6 Å². The molecule has 1 aliphatic rings. The molecule has 3 rings (SSSR count). The number of nitrogens with zero attached hydrogens (tertiary/aromatic N) is 4. The van der Waals surface area contributed by atoms with Crippen LogP contribution in [-0.2, 0) is 0 Å². The van der Waals surface area contributed by atoms with Gasteiger partial charge in [0.25, 0.3) is 0 Å². The summed E-state index contributed by atoms with van der Waals surface area (Å²) < 4.78 is 29.3. The first-order valence-corrected chi connectivity index (χ1v) is 7.33. The summed E-state index contributed by atoms with van der Waals surface area (Å²) in [6.45, 7) is 0.0363. The summed E-state index contributed by atoms with van der Waals surface area (Å²) in [4.78, 5) is 15.8. The number of halogens is 3. The molecule has 0 radical (unpaired) electrons. The van der Waals surface area contributed by atoms with E-state index >= 15 is 0 Å². The smallest absolute Gasteiger partial charge is 0.407 e. The predicted octanol–water partition coefficient (Wildman–Crippen LogP) is 2.13. The highest BCUT2D eigenvalue weighted by Gasteiger charge is 2.32. The number of rotatable bonds is 2. The van der Waals surface area contributed by atoms with Crippen LogP contribution in [0.15, 0.2) is 16.9 Å². The van der Waals surface area contributed by atoms with Crippen LogP contribution < -0.4 is 5.32 Å². The lowest BCUT2D eigenvalue weighted by molar-refractivity contribution is 0.101. The third-order valence-electron chi connectivity index (χ3n) is 3.55. The Kier molecular flexibility index (Phi) is 3.85. The molecule has 2 aromatic heterocycles. The number of hydrogen-bond donors (Lipinski definition) is 2. The summed E-state index contributed by atoms with van der Waals surface area (Å²) >= 11 is 3.17. The predicted molar refractivity (Wildman–Crippen MR) is 77.2 cm³/mol. The molecule has 10 heteroatoms. The number of fused-ring (bicyclic) bond motifs is 1. The van der Waals surface area contributed by atoms with Gasteiger partial charge < -0.3 is 15.3 Å². The third kappa shape index (κ3) is 2.70. The second-order valence-electron chi connectivity index (χ2n) is 4.98. The van der Waals surface area contributed by atoms with Crippen molar-refractivity contribution in [3.05, 3.63) is 22.7 Å². The van der Waals surface area contributed by atoms with E-state index in [0.717, 1.165) is 4.90 Å². The molecule has 0 aliphatic carbocycles. The highest BCUT2D eigenvalue weighted by molar-refractivity contribution is 9.10. The van der Waals surface area contributed by atoms with Gasteiger partial charge in [-0.15, -0.1) is 5.10 Å². The van der Waals surface area contributed by atoms with Crippen molar-refractivity contribution in [2.75, 3.05) is 18.4 Å². The van der Waals surface area contributed by atoms with Gasteiger partial charge >= 0.3 is 6.09 Å². The zero-order valence-corrected chi connectivity index (χ0v) is 12.8. The maximum atomic E-state index is 14.0. The fourth-order valence-electron chi connectivity index (χ4n) is 2.39. The van der Waals surface area contributed by atoms with Gasteiger partial charge in [-0.1, -0.05) is 0 Å². The molecule has 22 heavy (non-hydrogen) atoms. The molecule has 0 spiro atoms. The number of carbonyl (C=O) groups is 1. The molecule has 0 bridgehead atoms. The van der Waals surface area contributed by atoms with Crippen molar-refractivity contribution in [2.45, 2.75) is 18.6 Å². The van der Waals surface area contributed by atoms with Crippen LogP contribution in [0.25, 0.3) is 5.52 Å². The van der Waals surface area contributed by atoms with Crippen molar-refractivity contribution >= 4 is 33.5 Å². The van der Waals surface area contributed by atoms with E-state index in [0.29, 0.717) is 11.0 Å². The normalized spacial score (nSPS) is 22.0. The van der Waals surface area contributed by atoms with Crippen LogP contribution >= 0.6 is 15.9 Å². The van der Waals surface area contributed by atoms with E-state index in [4.69, 9.17) is 5.11 Å². The van der Waals surface area contributed by atoms with Gasteiger partial charge in [0.1, 0.15) is 16.3 Å². The summed E-state index contributed by atoms with van der Waals surface area (Å²) in [5.74, 6) is -0.309. The number of anilines is 1. The summed E-state index contributed by atoms with van der Waals surface area (Å²) in [7, 11) is 0. The Hall–Kier alpha value is -1.97. The lowest BCUT2D eigenvalue weighted by Gasteiger charge is -2.33. The highest BCUT2D eigenvalue weighted by atomic mass is 79.9. The zero-order chi connectivity index (χ0) is 15.9. The van der Waals surface area contributed by atoms with Gasteiger partial charge in [0.05, 0.1) is 18.8 Å². The maximum Gasteiger partial charge on any atom is 0.407 e. The minimum atomic E-state index is -1.37. The molecular formula is C12H12BrF2N5O2. The number of piperidine rings is 1. The minimum absolute atomic E-state index is 0.153. The van der Waals surface area contributed by atoms with Crippen molar-refractivity contribution < 1.29 is 18.7 Å². The first-order valence-electron chi connectivity index (χ1n) is 6.54. The number of hydrogen-bond acceptors (Lipinski definition) is 4. The van der Waals surface area contributed by atoms with Crippen molar-refractivity contribution in [2.24, 2.45) is 0 Å². The molecular weight excluding hydrogens is 364 g/mol. The van der Waals surface area contributed by atoms with E-state index in [2.05, 4.69) is 31.3 Å². The standard InChI is InChI=1S/C12H12BrF2N5O2/c13-10-3-6(14)9-4-16-11(18-20(9)10)17-8-1-2-19(12(21)22)5-7(8)15/h3-4,7-8H,1-2,5H2,(H,17,18)(H,21,22)/t7-,8-/m1/s1. The number of amides is 1. The van der Waals surface area contributed by atoms with E-state index < -0.39 is 24.1 Å². The Morgan fingerprint density at radius 3 is 3.00 bits per heavy atom. The number of nitrogens with one attached hydrogen (secondary N) is 1. The quantitative estimate of drug-likeness (QED) is 0.839. The Morgan fingerprint density at radius 2 is 2.32 bits per heavy atom. The molecule has 1 saturated heterocycles. The number of carboxylic acid groups (broad SMARTS) is 1. The summed E-state index contributed by atoms with van der Waals surface area (Å²) in [5, 5.41) is 15.8. The van der Waals surface area contributed by atoms with Crippen molar-refractivity contribution in [3.8, 4) is 0 Å². The molecule has 2 N–H and O–H groups in total. The molecule has 0 saturated carbocycles. The third-order valence-corrected chi connectivity index (χ3v) is 4.12. The lowest BCUT2D eigenvalue weighted by Crippen LogP contribution is -2.49. The van der Waals surface area contributed by atoms with Crippen LogP contribution in [0.1, 0.15) is 6.42 Å². The fourth-order valence-corrected chi connectivity index (χ4v) is 2.86. The first kappa shape index (κ1) is 14.9. The average molecular weight is 376 g/mol. The summed E-state index contributed by atoms with van der Waals surface area (Å²) in [6.07, 6.45) is -0.898. The molecule has 0 unspecified atom stereocenters. The highest BCUT2D eigenvalue weighted by Crippen LogP contribution is 2.21. The molecule has 0 aromatic carbocycles. The van der Waals surface area contributed by atoms with Crippen molar-refractivity contribution in [3.63, 3.8) is 0 Å². The molecule has 1 amide bonds. The monoisotopic (exact) mass is 375 g/mol. The molecule has 2 aromatic rings. The van der Waals surface area contributed by atoms with Gasteiger partial charge in [-0.3, -0.25) is 0 Å². The first-order chi connectivity index (χ1) is 10.5. The van der Waals surface area contributed by atoms with Crippen LogP contribution in [0.4, 0.5) is 19.5 Å². The van der Waals surface area contributed by atoms with Gasteiger partial charge in [0.2, 0.25) is 5.95 Å². The van der Waals surface area contributed by atoms with Crippen molar-refractivity contribution in [1.82, 2.24) is 19.5 Å².